The SMILES string of the molecule is CCN1CCN(C(C(=O)N(C)CCO)c2ccc(Nc3nc(-c4cccc(NC(=O)c5cc6c(s5)CCCCC6)c4C)cn(C)c3=O)cc2)CC1. The Hall–Kier alpha value is -4.36. The number of benzene rings is 2. The molecule has 1 aliphatic heterocycles. The van der Waals surface area contributed by atoms with E-state index in [2.05, 4.69) is 33.4 Å². The lowest BCUT2D eigenvalue weighted by Gasteiger charge is -2.39. The zero-order valence-electron chi connectivity index (χ0n) is 30.1. The highest BCUT2D eigenvalue weighted by Gasteiger charge is 2.32. The van der Waals surface area contributed by atoms with Crippen LogP contribution in [0.3, 0.4) is 0 Å². The Kier molecular flexibility index (Phi) is 11.7. The van der Waals surface area contributed by atoms with Crippen molar-refractivity contribution in [2.45, 2.75) is 52.0 Å². The second kappa shape index (κ2) is 16.3. The zero-order chi connectivity index (χ0) is 36.1. The molecule has 0 bridgehead atoms. The number of fused-ring (bicyclic) bond motifs is 1. The molecule has 0 spiro atoms. The molecule has 11 nitrogen and oxygen atoms in total. The number of aliphatic hydroxyl groups excluding tert-OH is 1. The summed E-state index contributed by atoms with van der Waals surface area (Å²) in [6, 6.07) is 14.9. The number of nitrogens with zero attached hydrogens (tertiary/aromatic N) is 5. The molecular formula is C39H49N7O4S. The minimum atomic E-state index is -0.477. The van der Waals surface area contributed by atoms with E-state index in [1.807, 2.05) is 49.4 Å². The predicted molar refractivity (Wildman–Crippen MR) is 204 cm³/mol. The van der Waals surface area contributed by atoms with Gasteiger partial charge in [-0.3, -0.25) is 19.3 Å². The normalized spacial score (nSPS) is 15.9. The number of aryl methyl sites for hydroxylation is 3. The van der Waals surface area contributed by atoms with Gasteiger partial charge in [0.05, 0.1) is 17.2 Å². The summed E-state index contributed by atoms with van der Waals surface area (Å²) in [5, 5.41) is 15.8. The lowest BCUT2D eigenvalue weighted by Crippen LogP contribution is -2.51. The Labute approximate surface area is 303 Å². The van der Waals surface area contributed by atoms with E-state index in [0.717, 1.165) is 67.1 Å². The van der Waals surface area contributed by atoms with Gasteiger partial charge in [-0.1, -0.05) is 37.6 Å². The summed E-state index contributed by atoms with van der Waals surface area (Å²) < 4.78 is 1.50. The third-order valence-electron chi connectivity index (χ3n) is 10.2. The largest absolute Gasteiger partial charge is 0.395 e. The Morgan fingerprint density at radius 3 is 2.51 bits per heavy atom. The van der Waals surface area contributed by atoms with Crippen molar-refractivity contribution >= 4 is 40.3 Å². The van der Waals surface area contributed by atoms with Crippen LogP contribution in [0.1, 0.15) is 63.5 Å². The minimum Gasteiger partial charge on any atom is -0.395 e. The van der Waals surface area contributed by atoms with Gasteiger partial charge in [-0.15, -0.1) is 11.3 Å². The molecule has 12 heteroatoms. The summed E-state index contributed by atoms with van der Waals surface area (Å²) >= 11 is 1.60. The molecule has 3 N–H and O–H groups in total. The van der Waals surface area contributed by atoms with Gasteiger partial charge in [-0.25, -0.2) is 4.98 Å². The average molecular weight is 712 g/mol. The molecule has 270 valence electrons. The van der Waals surface area contributed by atoms with Gasteiger partial charge in [-0.2, -0.15) is 0 Å². The van der Waals surface area contributed by atoms with Crippen LogP contribution in [0.2, 0.25) is 0 Å². The van der Waals surface area contributed by atoms with Crippen LogP contribution in [0.4, 0.5) is 17.2 Å². The highest BCUT2D eigenvalue weighted by atomic mass is 32.1. The summed E-state index contributed by atoms with van der Waals surface area (Å²) in [6.45, 7) is 8.55. The number of hydrogen-bond donors (Lipinski definition) is 3. The van der Waals surface area contributed by atoms with E-state index in [1.165, 1.54) is 34.3 Å². The highest BCUT2D eigenvalue weighted by molar-refractivity contribution is 7.14. The molecule has 51 heavy (non-hydrogen) atoms. The van der Waals surface area contributed by atoms with Crippen LogP contribution in [0.5, 0.6) is 0 Å². The Morgan fingerprint density at radius 1 is 1.04 bits per heavy atom. The van der Waals surface area contributed by atoms with Crippen molar-refractivity contribution in [1.29, 1.82) is 0 Å². The Bertz CT molecular complexity index is 1890. The number of thiophene rings is 1. The van der Waals surface area contributed by atoms with E-state index in [1.54, 1.807) is 36.5 Å². The summed E-state index contributed by atoms with van der Waals surface area (Å²) in [7, 11) is 3.42. The molecule has 1 fully saturated rings. The number of aromatic nitrogens is 2. The summed E-state index contributed by atoms with van der Waals surface area (Å²) in [4.78, 5) is 53.2. The molecule has 1 aliphatic carbocycles. The van der Waals surface area contributed by atoms with Crippen LogP contribution in [0.25, 0.3) is 11.3 Å². The second-order valence-electron chi connectivity index (χ2n) is 13.5. The molecule has 2 amide bonds. The van der Waals surface area contributed by atoms with Crippen molar-refractivity contribution in [3.05, 3.63) is 91.5 Å². The van der Waals surface area contributed by atoms with Crippen LogP contribution in [0, 0.1) is 6.92 Å². The smallest absolute Gasteiger partial charge is 0.293 e. The maximum atomic E-state index is 13.6. The first-order valence-corrected chi connectivity index (χ1v) is 18.8. The first-order chi connectivity index (χ1) is 24.7. The fourth-order valence-corrected chi connectivity index (χ4v) is 8.18. The lowest BCUT2D eigenvalue weighted by atomic mass is 10.0. The van der Waals surface area contributed by atoms with E-state index in [9.17, 15) is 19.5 Å². The molecule has 4 aromatic rings. The number of aliphatic hydroxyl groups is 1. The molecule has 2 aromatic carbocycles. The molecule has 0 radical (unpaired) electrons. The van der Waals surface area contributed by atoms with Gasteiger partial charge in [0, 0.05) is 74.8 Å². The molecule has 1 saturated heterocycles. The van der Waals surface area contributed by atoms with Crippen molar-refractivity contribution in [2.24, 2.45) is 7.05 Å². The predicted octanol–water partition coefficient (Wildman–Crippen LogP) is 5.21. The quantitative estimate of drug-likeness (QED) is 0.181. The molecule has 1 atom stereocenters. The number of carbonyl (C=O) groups excluding carboxylic acids is 2. The number of anilines is 3. The number of amides is 2. The first kappa shape index (κ1) is 36.4. The number of piperazine rings is 1. The van der Waals surface area contributed by atoms with Gasteiger partial charge in [0.1, 0.15) is 6.04 Å². The number of nitrogens with one attached hydrogen (secondary N) is 2. The molecule has 0 saturated carbocycles. The molecule has 6 rings (SSSR count). The van der Waals surface area contributed by atoms with Gasteiger partial charge >= 0.3 is 0 Å². The molecule has 2 aromatic heterocycles. The maximum Gasteiger partial charge on any atom is 0.293 e. The van der Waals surface area contributed by atoms with Gasteiger partial charge in [0.2, 0.25) is 5.91 Å². The second-order valence-corrected chi connectivity index (χ2v) is 14.7. The van der Waals surface area contributed by atoms with Crippen LogP contribution >= 0.6 is 11.3 Å². The van der Waals surface area contributed by atoms with Gasteiger partial charge in [-0.05, 0) is 80.1 Å². The van der Waals surface area contributed by atoms with Crippen molar-refractivity contribution in [2.75, 3.05) is 63.6 Å². The summed E-state index contributed by atoms with van der Waals surface area (Å²) in [5.74, 6) is -0.000867. The fraction of sp³-hybridized carbons (Fsp3) is 0.436. The van der Waals surface area contributed by atoms with E-state index < -0.39 is 6.04 Å². The van der Waals surface area contributed by atoms with E-state index in [4.69, 9.17) is 4.98 Å². The topological polar surface area (TPSA) is 123 Å². The standard InChI is InChI=1S/C39H49N7O4S/c1-5-45-18-20-46(21-19-45)35(38(49)43(3)22-23-47)27-14-16-29(17-15-27)40-36-39(50)44(4)25-32(41-36)30-11-9-12-31(26(30)2)42-37(48)34-24-28-10-7-6-8-13-33(28)51-34/h9,11-12,14-17,24-25,35,47H,5-8,10,13,18-23H2,1-4H3,(H,40,41)(H,42,48). The van der Waals surface area contributed by atoms with Crippen LogP contribution in [-0.4, -0.2) is 94.1 Å². The van der Waals surface area contributed by atoms with Gasteiger partial charge in [0.15, 0.2) is 5.82 Å². The van der Waals surface area contributed by atoms with Crippen LogP contribution in [-0.2, 0) is 24.7 Å². The molecule has 3 heterocycles. The van der Waals surface area contributed by atoms with E-state index in [0.29, 0.717) is 17.1 Å². The third-order valence-corrected chi connectivity index (χ3v) is 11.4. The van der Waals surface area contributed by atoms with E-state index >= 15 is 0 Å². The minimum absolute atomic E-state index is 0.0587. The monoisotopic (exact) mass is 711 g/mol. The molecule has 1 unspecified atom stereocenters. The average Bonchev–Trinajstić information content (AvgIpc) is 3.42. The van der Waals surface area contributed by atoms with Gasteiger partial charge < -0.3 is 30.1 Å². The number of rotatable bonds is 11. The lowest BCUT2D eigenvalue weighted by molar-refractivity contribution is -0.137. The molecular weight excluding hydrogens is 663 g/mol. The van der Waals surface area contributed by atoms with E-state index in [-0.39, 0.29) is 36.3 Å². The maximum absolute atomic E-state index is 13.6. The summed E-state index contributed by atoms with van der Waals surface area (Å²) in [6.07, 6.45) is 7.36. The first-order valence-electron chi connectivity index (χ1n) is 18.0. The Balaban J connectivity index is 1.22. The number of hydrogen-bond acceptors (Lipinski definition) is 9. The van der Waals surface area contributed by atoms with Crippen LogP contribution < -0.4 is 16.2 Å². The third kappa shape index (κ3) is 8.25. The number of carbonyl (C=O) groups is 2. The van der Waals surface area contributed by atoms with Crippen molar-refractivity contribution < 1.29 is 14.7 Å². The fourth-order valence-electron chi connectivity index (χ4n) is 7.03. The van der Waals surface area contributed by atoms with Crippen LogP contribution in [0.15, 0.2) is 59.5 Å². The van der Waals surface area contributed by atoms with Crippen molar-refractivity contribution in [3.8, 4) is 11.3 Å². The summed E-state index contributed by atoms with van der Waals surface area (Å²) in [5.41, 5.74) is 5.49. The van der Waals surface area contributed by atoms with Gasteiger partial charge in [0.25, 0.3) is 11.5 Å². The van der Waals surface area contributed by atoms with Crippen molar-refractivity contribution in [1.82, 2.24) is 24.3 Å². The molecule has 2 aliphatic rings. The highest BCUT2D eigenvalue weighted by Crippen LogP contribution is 2.32. The van der Waals surface area contributed by atoms with Crippen molar-refractivity contribution in [3.63, 3.8) is 0 Å². The zero-order valence-corrected chi connectivity index (χ0v) is 30.9. The number of likely N-dealkylation sites (N-methyl/N-ethyl adjacent to an activating group) is 2. The Morgan fingerprint density at radius 2 is 1.78 bits per heavy atom.